The zero-order valence-corrected chi connectivity index (χ0v) is 13.2. The standard InChI is InChI=1S/C17H13Cl2N3/c18-11-3-1-2-10(8-11)16-15(17-20-6-7-21-17)13-9-12(19)4-5-14(13)22-16/h1-5,8-9,22H,6-7H2,(H,20,21). The maximum atomic E-state index is 6.18. The second kappa shape index (κ2) is 5.34. The van der Waals surface area contributed by atoms with E-state index in [9.17, 15) is 0 Å². The molecule has 0 saturated heterocycles. The number of aromatic amines is 1. The highest BCUT2D eigenvalue weighted by atomic mass is 35.5. The summed E-state index contributed by atoms with van der Waals surface area (Å²) in [7, 11) is 0. The van der Waals surface area contributed by atoms with Crippen LogP contribution in [0.1, 0.15) is 5.56 Å². The lowest BCUT2D eigenvalue weighted by Gasteiger charge is -2.06. The maximum Gasteiger partial charge on any atom is 0.131 e. The van der Waals surface area contributed by atoms with Gasteiger partial charge in [0.1, 0.15) is 5.84 Å². The van der Waals surface area contributed by atoms with Crippen LogP contribution in [0.2, 0.25) is 10.0 Å². The van der Waals surface area contributed by atoms with Crippen molar-refractivity contribution in [1.29, 1.82) is 0 Å². The zero-order chi connectivity index (χ0) is 15.1. The lowest BCUT2D eigenvalue weighted by molar-refractivity contribution is 0.960. The summed E-state index contributed by atoms with van der Waals surface area (Å²) >= 11 is 12.3. The van der Waals surface area contributed by atoms with Crippen LogP contribution in [0, 0.1) is 0 Å². The maximum absolute atomic E-state index is 6.18. The van der Waals surface area contributed by atoms with Crippen molar-refractivity contribution in [3.63, 3.8) is 0 Å². The normalized spacial score (nSPS) is 14.2. The molecule has 1 aromatic heterocycles. The van der Waals surface area contributed by atoms with Gasteiger partial charge < -0.3 is 10.3 Å². The van der Waals surface area contributed by atoms with Crippen LogP contribution in [0.4, 0.5) is 0 Å². The van der Waals surface area contributed by atoms with Crippen molar-refractivity contribution in [3.05, 3.63) is 58.1 Å². The van der Waals surface area contributed by atoms with E-state index in [2.05, 4.69) is 15.3 Å². The van der Waals surface area contributed by atoms with Gasteiger partial charge in [-0.2, -0.15) is 0 Å². The highest BCUT2D eigenvalue weighted by Gasteiger charge is 2.20. The number of hydrogen-bond acceptors (Lipinski definition) is 2. The van der Waals surface area contributed by atoms with Gasteiger partial charge in [-0.3, -0.25) is 4.99 Å². The fourth-order valence-corrected chi connectivity index (χ4v) is 3.20. The minimum atomic E-state index is 0.710. The van der Waals surface area contributed by atoms with Gasteiger partial charge in [0.2, 0.25) is 0 Å². The van der Waals surface area contributed by atoms with Crippen molar-refractivity contribution in [1.82, 2.24) is 10.3 Å². The van der Waals surface area contributed by atoms with Crippen molar-refractivity contribution in [2.45, 2.75) is 0 Å². The van der Waals surface area contributed by atoms with E-state index < -0.39 is 0 Å². The smallest absolute Gasteiger partial charge is 0.131 e. The number of H-pyrrole nitrogens is 1. The number of halogens is 2. The third-order valence-electron chi connectivity index (χ3n) is 3.78. The number of fused-ring (bicyclic) bond motifs is 1. The molecule has 0 bridgehead atoms. The van der Waals surface area contributed by atoms with Crippen LogP contribution in [0.3, 0.4) is 0 Å². The van der Waals surface area contributed by atoms with Gasteiger partial charge in [-0.25, -0.2) is 0 Å². The van der Waals surface area contributed by atoms with Crippen LogP contribution in [-0.4, -0.2) is 23.9 Å². The third-order valence-corrected chi connectivity index (χ3v) is 4.26. The number of nitrogens with one attached hydrogen (secondary N) is 2. The van der Waals surface area contributed by atoms with Crippen molar-refractivity contribution in [3.8, 4) is 11.3 Å². The molecular weight excluding hydrogens is 317 g/mol. The van der Waals surface area contributed by atoms with Crippen LogP contribution in [-0.2, 0) is 0 Å². The summed E-state index contributed by atoms with van der Waals surface area (Å²) in [4.78, 5) is 8.05. The lowest BCUT2D eigenvalue weighted by Crippen LogP contribution is -2.19. The van der Waals surface area contributed by atoms with Gasteiger partial charge in [0.05, 0.1) is 12.2 Å². The molecular formula is C17H13Cl2N3. The van der Waals surface area contributed by atoms with Crippen LogP contribution < -0.4 is 5.32 Å². The second-order valence-electron chi connectivity index (χ2n) is 5.23. The summed E-state index contributed by atoms with van der Waals surface area (Å²) in [5.41, 5.74) is 4.13. The summed E-state index contributed by atoms with van der Waals surface area (Å²) in [6.45, 7) is 1.65. The number of benzene rings is 2. The highest BCUT2D eigenvalue weighted by Crippen LogP contribution is 2.33. The molecule has 110 valence electrons. The third kappa shape index (κ3) is 2.27. The van der Waals surface area contributed by atoms with Crippen molar-refractivity contribution < 1.29 is 0 Å². The monoisotopic (exact) mass is 329 g/mol. The average Bonchev–Trinajstić information content (AvgIpc) is 3.13. The van der Waals surface area contributed by atoms with E-state index in [0.29, 0.717) is 10.0 Å². The Kier molecular flexibility index (Phi) is 3.32. The average molecular weight is 330 g/mol. The first-order valence-corrected chi connectivity index (χ1v) is 7.84. The Morgan fingerprint density at radius 1 is 1.00 bits per heavy atom. The molecule has 0 spiro atoms. The predicted octanol–water partition coefficient (Wildman–Crippen LogP) is 4.49. The molecule has 0 unspecified atom stereocenters. The summed E-state index contributed by atoms with van der Waals surface area (Å²) in [6.07, 6.45) is 0. The predicted molar refractivity (Wildman–Crippen MR) is 93.2 cm³/mol. The lowest BCUT2D eigenvalue weighted by atomic mass is 10.0. The fourth-order valence-electron chi connectivity index (χ4n) is 2.84. The van der Waals surface area contributed by atoms with Gasteiger partial charge in [0.15, 0.2) is 0 Å². The topological polar surface area (TPSA) is 40.2 Å². The SMILES string of the molecule is Clc1cccc(-c2[nH]c3ccc(Cl)cc3c2C2=NCCN2)c1. The first-order valence-electron chi connectivity index (χ1n) is 7.08. The van der Waals surface area contributed by atoms with E-state index in [1.165, 1.54) is 0 Å². The molecule has 0 radical (unpaired) electrons. The summed E-state index contributed by atoms with van der Waals surface area (Å²) in [5.74, 6) is 0.906. The molecule has 2 N–H and O–H groups in total. The van der Waals surface area contributed by atoms with E-state index in [1.807, 2.05) is 42.5 Å². The van der Waals surface area contributed by atoms with E-state index in [-0.39, 0.29) is 0 Å². The van der Waals surface area contributed by atoms with Gasteiger partial charge in [0.25, 0.3) is 0 Å². The molecule has 0 fully saturated rings. The Balaban J connectivity index is 2.03. The van der Waals surface area contributed by atoms with Crippen molar-refractivity contribution in [2.24, 2.45) is 4.99 Å². The molecule has 1 aliphatic heterocycles. The van der Waals surface area contributed by atoms with E-state index in [4.69, 9.17) is 23.2 Å². The molecule has 0 atom stereocenters. The van der Waals surface area contributed by atoms with Gasteiger partial charge in [0, 0.05) is 38.6 Å². The van der Waals surface area contributed by atoms with Crippen LogP contribution in [0.25, 0.3) is 22.2 Å². The Morgan fingerprint density at radius 2 is 1.86 bits per heavy atom. The molecule has 22 heavy (non-hydrogen) atoms. The molecule has 0 aliphatic carbocycles. The number of aromatic nitrogens is 1. The number of rotatable bonds is 2. The Hall–Kier alpha value is -1.97. The van der Waals surface area contributed by atoms with Crippen molar-refractivity contribution >= 4 is 39.9 Å². The Bertz CT molecular complexity index is 896. The molecule has 3 aromatic rings. The molecule has 5 heteroatoms. The molecule has 4 rings (SSSR count). The summed E-state index contributed by atoms with van der Waals surface area (Å²) in [5, 5.41) is 5.84. The minimum absolute atomic E-state index is 0.710. The number of nitrogens with zero attached hydrogens (tertiary/aromatic N) is 1. The summed E-state index contributed by atoms with van der Waals surface area (Å²) in [6, 6.07) is 13.7. The van der Waals surface area contributed by atoms with E-state index >= 15 is 0 Å². The molecule has 2 heterocycles. The van der Waals surface area contributed by atoms with Gasteiger partial charge in [-0.1, -0.05) is 35.3 Å². The molecule has 0 saturated carbocycles. The zero-order valence-electron chi connectivity index (χ0n) is 11.7. The molecule has 1 aliphatic rings. The first kappa shape index (κ1) is 13.7. The fraction of sp³-hybridized carbons (Fsp3) is 0.118. The molecule has 0 amide bonds. The van der Waals surface area contributed by atoms with Crippen LogP contribution in [0.5, 0.6) is 0 Å². The second-order valence-corrected chi connectivity index (χ2v) is 6.11. The number of amidine groups is 1. The Labute approximate surface area is 138 Å². The Morgan fingerprint density at radius 3 is 2.64 bits per heavy atom. The van der Waals surface area contributed by atoms with Crippen LogP contribution >= 0.6 is 23.2 Å². The van der Waals surface area contributed by atoms with E-state index in [0.717, 1.165) is 46.6 Å². The van der Waals surface area contributed by atoms with Gasteiger partial charge in [-0.05, 0) is 30.3 Å². The first-order chi connectivity index (χ1) is 10.7. The number of aliphatic imine (C=N–C) groups is 1. The molecule has 3 nitrogen and oxygen atoms in total. The molecule has 2 aromatic carbocycles. The van der Waals surface area contributed by atoms with Crippen LogP contribution in [0.15, 0.2) is 47.5 Å². The quantitative estimate of drug-likeness (QED) is 0.714. The highest BCUT2D eigenvalue weighted by molar-refractivity contribution is 6.32. The minimum Gasteiger partial charge on any atom is -0.368 e. The summed E-state index contributed by atoms with van der Waals surface area (Å²) < 4.78 is 0. The van der Waals surface area contributed by atoms with E-state index in [1.54, 1.807) is 0 Å². The van der Waals surface area contributed by atoms with Crippen molar-refractivity contribution in [2.75, 3.05) is 13.1 Å². The van der Waals surface area contributed by atoms with Gasteiger partial charge in [-0.15, -0.1) is 0 Å². The van der Waals surface area contributed by atoms with Gasteiger partial charge >= 0.3 is 0 Å². The number of hydrogen-bond donors (Lipinski definition) is 2. The largest absolute Gasteiger partial charge is 0.368 e.